The summed E-state index contributed by atoms with van der Waals surface area (Å²) in [6, 6.07) is 4.67. The number of fused-ring (bicyclic) bond motifs is 2. The van der Waals surface area contributed by atoms with Gasteiger partial charge in [0.1, 0.15) is 11.9 Å². The van der Waals surface area contributed by atoms with E-state index in [1.807, 2.05) is 27.7 Å². The number of ether oxygens (including phenoxy) is 1. The number of aromatic hydroxyl groups is 1. The van der Waals surface area contributed by atoms with Gasteiger partial charge in [0.15, 0.2) is 0 Å². The van der Waals surface area contributed by atoms with Crippen LogP contribution in [0.15, 0.2) is 35.4 Å². The molecule has 0 aliphatic carbocycles. The van der Waals surface area contributed by atoms with Gasteiger partial charge >= 0.3 is 5.97 Å². The minimum Gasteiger partial charge on any atom is -0.507 e. The van der Waals surface area contributed by atoms with E-state index in [4.69, 9.17) is 4.74 Å². The monoisotopic (exact) mass is 397 g/mol. The third kappa shape index (κ3) is 5.30. The maximum atomic E-state index is 13.0. The van der Waals surface area contributed by atoms with Crippen LogP contribution in [0.2, 0.25) is 0 Å². The molecular weight excluding hydrogens is 362 g/mol. The summed E-state index contributed by atoms with van der Waals surface area (Å²) >= 11 is 0. The van der Waals surface area contributed by atoms with Crippen LogP contribution in [0.3, 0.4) is 0 Å². The topological polar surface area (TPSA) is 49.8 Å². The molecule has 1 N–H and O–H groups in total. The smallest absolute Gasteiger partial charge is 0.338 e. The molecule has 158 valence electrons. The number of allylic oxidation sites excluding steroid dienone is 4. The molecule has 3 rings (SSSR count). The van der Waals surface area contributed by atoms with Crippen molar-refractivity contribution in [1.29, 1.82) is 0 Å². The quantitative estimate of drug-likeness (QED) is 0.530. The normalized spacial score (nSPS) is 23.6. The number of phenols is 1. The zero-order chi connectivity index (χ0) is 21.1. The van der Waals surface area contributed by atoms with Crippen molar-refractivity contribution in [1.82, 2.24) is 4.90 Å². The van der Waals surface area contributed by atoms with Crippen LogP contribution in [0.25, 0.3) is 0 Å². The van der Waals surface area contributed by atoms with Gasteiger partial charge in [0, 0.05) is 24.9 Å². The second-order valence-corrected chi connectivity index (χ2v) is 9.16. The lowest BCUT2D eigenvalue weighted by Crippen LogP contribution is -2.43. The van der Waals surface area contributed by atoms with E-state index < -0.39 is 0 Å². The van der Waals surface area contributed by atoms with E-state index in [1.54, 1.807) is 12.1 Å². The van der Waals surface area contributed by atoms with E-state index >= 15 is 0 Å². The minimum absolute atomic E-state index is 0.00697. The van der Waals surface area contributed by atoms with Crippen LogP contribution in [-0.2, 0) is 17.6 Å². The van der Waals surface area contributed by atoms with Crippen molar-refractivity contribution in [2.45, 2.75) is 84.4 Å². The summed E-state index contributed by atoms with van der Waals surface area (Å²) in [5, 5.41) is 10.7. The average Bonchev–Trinajstić information content (AvgIpc) is 2.87. The zero-order valence-corrected chi connectivity index (χ0v) is 18.5. The van der Waals surface area contributed by atoms with Gasteiger partial charge < -0.3 is 14.7 Å². The van der Waals surface area contributed by atoms with E-state index in [0.717, 1.165) is 24.0 Å². The molecule has 4 nitrogen and oxygen atoms in total. The highest BCUT2D eigenvalue weighted by atomic mass is 16.5. The van der Waals surface area contributed by atoms with Crippen molar-refractivity contribution in [2.75, 3.05) is 7.05 Å². The first kappa shape index (κ1) is 21.6. The number of piperidine rings is 1. The number of nitrogens with zero attached hydrogens (tertiary/aromatic N) is 1. The van der Waals surface area contributed by atoms with Crippen molar-refractivity contribution >= 4 is 5.97 Å². The van der Waals surface area contributed by atoms with Crippen molar-refractivity contribution in [2.24, 2.45) is 0 Å². The summed E-state index contributed by atoms with van der Waals surface area (Å²) in [6.07, 6.45) is 9.60. The Kier molecular flexibility index (Phi) is 6.84. The maximum absolute atomic E-state index is 13.0. The summed E-state index contributed by atoms with van der Waals surface area (Å²) in [4.78, 5) is 15.4. The molecule has 2 bridgehead atoms. The predicted octanol–water partition coefficient (Wildman–Crippen LogP) is 5.19. The standard InChI is InChI=1S/C25H35NO3/c1-16(2)6-8-18-12-20(13-19(24(18)27)9-7-17(3)4)25(28)29-23-14-21-10-11-22(15-23)26(21)5/h6-7,12-13,21-23,27H,8-11,14-15H2,1-5H3/t21-,22+,23?. The number of hydrogen-bond donors (Lipinski definition) is 1. The third-order valence-electron chi connectivity index (χ3n) is 6.29. The van der Waals surface area contributed by atoms with Crippen LogP contribution >= 0.6 is 0 Å². The van der Waals surface area contributed by atoms with Crippen LogP contribution in [0.1, 0.15) is 74.9 Å². The summed E-state index contributed by atoms with van der Waals surface area (Å²) in [7, 11) is 2.19. The van der Waals surface area contributed by atoms with Gasteiger partial charge in [-0.2, -0.15) is 0 Å². The average molecular weight is 398 g/mol. The summed E-state index contributed by atoms with van der Waals surface area (Å²) in [5.74, 6) is 0.0183. The Bertz CT molecular complexity index is 760. The summed E-state index contributed by atoms with van der Waals surface area (Å²) < 4.78 is 5.93. The number of rotatable bonds is 6. The van der Waals surface area contributed by atoms with Gasteiger partial charge in [-0.15, -0.1) is 0 Å². The molecule has 3 atom stereocenters. The van der Waals surface area contributed by atoms with Gasteiger partial charge in [0.2, 0.25) is 0 Å². The highest BCUT2D eigenvalue weighted by molar-refractivity contribution is 5.90. The number of hydrogen-bond acceptors (Lipinski definition) is 4. The predicted molar refractivity (Wildman–Crippen MR) is 117 cm³/mol. The van der Waals surface area contributed by atoms with Crippen LogP contribution in [0.4, 0.5) is 0 Å². The summed E-state index contributed by atoms with van der Waals surface area (Å²) in [5.41, 5.74) is 4.47. The van der Waals surface area contributed by atoms with E-state index in [-0.39, 0.29) is 17.8 Å². The molecule has 2 fully saturated rings. The lowest BCUT2D eigenvalue weighted by atomic mass is 9.98. The number of carbonyl (C=O) groups excluding carboxylic acids is 1. The van der Waals surface area contributed by atoms with Crippen LogP contribution in [0.5, 0.6) is 5.75 Å². The molecule has 2 aliphatic heterocycles. The molecule has 29 heavy (non-hydrogen) atoms. The number of benzene rings is 1. The third-order valence-corrected chi connectivity index (χ3v) is 6.29. The molecule has 2 heterocycles. The van der Waals surface area contributed by atoms with Crippen molar-refractivity contribution in [3.05, 3.63) is 52.1 Å². The zero-order valence-electron chi connectivity index (χ0n) is 18.5. The first-order valence-corrected chi connectivity index (χ1v) is 10.8. The minimum atomic E-state index is -0.268. The first-order chi connectivity index (χ1) is 13.7. The van der Waals surface area contributed by atoms with E-state index in [1.165, 1.54) is 24.0 Å². The van der Waals surface area contributed by atoms with Crippen LogP contribution < -0.4 is 0 Å². The largest absolute Gasteiger partial charge is 0.507 e. The lowest BCUT2D eigenvalue weighted by molar-refractivity contribution is -0.000469. The van der Waals surface area contributed by atoms with E-state index in [2.05, 4.69) is 24.1 Å². The van der Waals surface area contributed by atoms with Gasteiger partial charge in [-0.05, 0) is 83.7 Å². The van der Waals surface area contributed by atoms with Gasteiger partial charge in [-0.1, -0.05) is 23.3 Å². The summed E-state index contributed by atoms with van der Waals surface area (Å²) in [6.45, 7) is 8.14. The molecule has 0 spiro atoms. The molecular formula is C25H35NO3. The Hall–Kier alpha value is -2.07. The van der Waals surface area contributed by atoms with Crippen molar-refractivity contribution in [3.8, 4) is 5.75 Å². The van der Waals surface area contributed by atoms with Crippen LogP contribution in [-0.4, -0.2) is 41.2 Å². The Morgan fingerprint density at radius 2 is 1.52 bits per heavy atom. The fraction of sp³-hybridized carbons (Fsp3) is 0.560. The first-order valence-electron chi connectivity index (χ1n) is 10.8. The highest BCUT2D eigenvalue weighted by Gasteiger charge is 2.40. The molecule has 2 saturated heterocycles. The lowest BCUT2D eigenvalue weighted by Gasteiger charge is -2.35. The molecule has 4 heteroatoms. The molecule has 0 aromatic heterocycles. The Balaban J connectivity index is 1.81. The number of phenolic OH excluding ortho intramolecular Hbond substituents is 1. The highest BCUT2D eigenvalue weighted by Crippen LogP contribution is 2.36. The molecule has 1 aromatic rings. The van der Waals surface area contributed by atoms with E-state index in [9.17, 15) is 9.90 Å². The van der Waals surface area contributed by atoms with Gasteiger partial charge in [0.25, 0.3) is 0 Å². The Morgan fingerprint density at radius 1 is 1.03 bits per heavy atom. The second-order valence-electron chi connectivity index (χ2n) is 9.16. The molecule has 2 aliphatic rings. The van der Waals surface area contributed by atoms with Crippen molar-refractivity contribution in [3.63, 3.8) is 0 Å². The molecule has 0 saturated carbocycles. The fourth-order valence-corrected chi connectivity index (χ4v) is 4.49. The fourth-order valence-electron chi connectivity index (χ4n) is 4.49. The second kappa shape index (κ2) is 9.17. The molecule has 1 unspecified atom stereocenters. The van der Waals surface area contributed by atoms with Gasteiger partial charge in [-0.25, -0.2) is 4.79 Å². The van der Waals surface area contributed by atoms with Crippen LogP contribution in [0, 0.1) is 0 Å². The Labute approximate surface area is 175 Å². The molecule has 0 amide bonds. The van der Waals surface area contributed by atoms with E-state index in [0.29, 0.717) is 30.5 Å². The maximum Gasteiger partial charge on any atom is 0.338 e. The Morgan fingerprint density at radius 3 is 1.97 bits per heavy atom. The van der Waals surface area contributed by atoms with Gasteiger partial charge in [-0.3, -0.25) is 0 Å². The SMILES string of the molecule is CC(C)=CCc1cc(C(=O)OC2C[C@H]3CC[C@@H](C2)N3C)cc(CC=C(C)C)c1O. The van der Waals surface area contributed by atoms with Crippen molar-refractivity contribution < 1.29 is 14.6 Å². The molecule has 1 aromatic carbocycles. The number of carbonyl (C=O) groups is 1. The molecule has 0 radical (unpaired) electrons. The van der Waals surface area contributed by atoms with Gasteiger partial charge in [0.05, 0.1) is 5.56 Å². The number of esters is 1.